The minimum absolute atomic E-state index is 0.00588. The standard InChI is InChI=1S/C17H18N2O7/c18-11(5-6-25-16(23)4-3-15(21)22)9-19-13-7-10-1-2-12(20)8-14(10)26-17(13)24/h1-2,7-9,19-20H,3-6,18H2,(H,21,22)/b11-9-. The molecule has 0 amide bonds. The van der Waals surface area contributed by atoms with Gasteiger partial charge in [-0.05, 0) is 18.2 Å². The predicted molar refractivity (Wildman–Crippen MR) is 92.5 cm³/mol. The summed E-state index contributed by atoms with van der Waals surface area (Å²) in [6.45, 7) is -0.00588. The zero-order valence-corrected chi connectivity index (χ0v) is 13.7. The van der Waals surface area contributed by atoms with Gasteiger partial charge in [0.1, 0.15) is 17.0 Å². The number of anilines is 1. The van der Waals surface area contributed by atoms with E-state index in [4.69, 9.17) is 20.0 Å². The van der Waals surface area contributed by atoms with Gasteiger partial charge in [-0.1, -0.05) is 0 Å². The smallest absolute Gasteiger partial charge is 0.360 e. The van der Waals surface area contributed by atoms with Gasteiger partial charge in [-0.15, -0.1) is 0 Å². The Kier molecular flexibility index (Phi) is 6.20. The number of fused-ring (bicyclic) bond motifs is 1. The van der Waals surface area contributed by atoms with Gasteiger partial charge in [-0.3, -0.25) is 9.59 Å². The lowest BCUT2D eigenvalue weighted by Crippen LogP contribution is -2.12. The SMILES string of the molecule is N/C(=C\Nc1cc2ccc(O)cc2oc1=O)CCOC(=O)CCC(=O)O. The van der Waals surface area contributed by atoms with E-state index in [0.717, 1.165) is 0 Å². The van der Waals surface area contributed by atoms with E-state index in [1.165, 1.54) is 18.3 Å². The van der Waals surface area contributed by atoms with Gasteiger partial charge >= 0.3 is 17.6 Å². The van der Waals surface area contributed by atoms with Gasteiger partial charge < -0.3 is 30.4 Å². The third-order valence-electron chi connectivity index (χ3n) is 3.33. The van der Waals surface area contributed by atoms with Crippen molar-refractivity contribution in [1.29, 1.82) is 0 Å². The van der Waals surface area contributed by atoms with Crippen LogP contribution in [0.1, 0.15) is 19.3 Å². The first-order chi connectivity index (χ1) is 12.3. The number of aliphatic carboxylic acids is 1. The summed E-state index contributed by atoms with van der Waals surface area (Å²) >= 11 is 0. The number of ether oxygens (including phenoxy) is 1. The van der Waals surface area contributed by atoms with E-state index in [1.807, 2.05) is 0 Å². The van der Waals surface area contributed by atoms with Crippen molar-refractivity contribution in [3.8, 4) is 5.75 Å². The maximum absolute atomic E-state index is 11.9. The summed E-state index contributed by atoms with van der Waals surface area (Å²) in [5, 5.41) is 21.2. The Labute approximate surface area is 147 Å². The molecule has 0 radical (unpaired) electrons. The molecular formula is C17H18N2O7. The van der Waals surface area contributed by atoms with Gasteiger partial charge in [0.15, 0.2) is 0 Å². The van der Waals surface area contributed by atoms with Gasteiger partial charge in [0.25, 0.3) is 0 Å². The zero-order valence-electron chi connectivity index (χ0n) is 13.7. The van der Waals surface area contributed by atoms with Gasteiger partial charge in [0.05, 0.1) is 19.4 Å². The minimum Gasteiger partial charge on any atom is -0.508 e. The Balaban J connectivity index is 1.90. The van der Waals surface area contributed by atoms with Gasteiger partial charge in [-0.25, -0.2) is 4.79 Å². The summed E-state index contributed by atoms with van der Waals surface area (Å²) in [6, 6.07) is 5.96. The average molecular weight is 362 g/mol. The number of benzene rings is 1. The van der Waals surface area contributed by atoms with Crippen LogP contribution < -0.4 is 16.7 Å². The van der Waals surface area contributed by atoms with E-state index in [0.29, 0.717) is 11.1 Å². The molecule has 26 heavy (non-hydrogen) atoms. The van der Waals surface area contributed by atoms with Crippen molar-refractivity contribution in [2.75, 3.05) is 11.9 Å². The third-order valence-corrected chi connectivity index (χ3v) is 3.33. The zero-order chi connectivity index (χ0) is 19.1. The lowest BCUT2D eigenvalue weighted by molar-refractivity contribution is -0.147. The van der Waals surface area contributed by atoms with Crippen molar-refractivity contribution in [1.82, 2.24) is 0 Å². The Morgan fingerprint density at radius 1 is 1.23 bits per heavy atom. The van der Waals surface area contributed by atoms with E-state index in [9.17, 15) is 19.5 Å². The lowest BCUT2D eigenvalue weighted by atomic mass is 10.2. The predicted octanol–water partition coefficient (Wildman–Crippen LogP) is 1.51. The Hall–Kier alpha value is -3.49. The molecule has 0 bridgehead atoms. The largest absolute Gasteiger partial charge is 0.508 e. The fourth-order valence-electron chi connectivity index (χ4n) is 2.01. The first-order valence-corrected chi connectivity index (χ1v) is 7.70. The molecule has 0 unspecified atom stereocenters. The van der Waals surface area contributed by atoms with E-state index in [1.54, 1.807) is 12.1 Å². The number of phenolic OH excluding ortho intramolecular Hbond substituents is 1. The molecule has 5 N–H and O–H groups in total. The molecule has 0 aliphatic rings. The van der Waals surface area contributed by atoms with Gasteiger partial charge in [0, 0.05) is 29.8 Å². The van der Waals surface area contributed by atoms with Crippen LogP contribution in [0.3, 0.4) is 0 Å². The first-order valence-electron chi connectivity index (χ1n) is 7.70. The van der Waals surface area contributed by atoms with Crippen molar-refractivity contribution in [3.63, 3.8) is 0 Å². The fourth-order valence-corrected chi connectivity index (χ4v) is 2.01. The average Bonchev–Trinajstić information content (AvgIpc) is 2.58. The molecule has 0 saturated carbocycles. The monoisotopic (exact) mass is 362 g/mol. The van der Waals surface area contributed by atoms with Crippen LogP contribution in [0.2, 0.25) is 0 Å². The number of phenols is 1. The van der Waals surface area contributed by atoms with Crippen LogP contribution in [0.4, 0.5) is 5.69 Å². The molecule has 1 aromatic carbocycles. The van der Waals surface area contributed by atoms with Gasteiger partial charge in [0.2, 0.25) is 0 Å². The summed E-state index contributed by atoms with van der Waals surface area (Å²) in [5.41, 5.74) is 5.86. The summed E-state index contributed by atoms with van der Waals surface area (Å²) in [5.74, 6) is -1.70. The number of carboxylic acid groups (broad SMARTS) is 1. The van der Waals surface area contributed by atoms with E-state index < -0.39 is 17.6 Å². The molecule has 138 valence electrons. The quantitative estimate of drug-likeness (QED) is 0.404. The van der Waals surface area contributed by atoms with Crippen molar-refractivity contribution in [2.24, 2.45) is 5.73 Å². The summed E-state index contributed by atoms with van der Waals surface area (Å²) in [7, 11) is 0. The number of nitrogens with one attached hydrogen (secondary N) is 1. The van der Waals surface area contributed by atoms with Crippen LogP contribution in [0.15, 0.2) is 45.4 Å². The van der Waals surface area contributed by atoms with Crippen LogP contribution in [0, 0.1) is 0 Å². The molecule has 0 fully saturated rings. The second-order valence-electron chi connectivity index (χ2n) is 5.40. The van der Waals surface area contributed by atoms with Crippen molar-refractivity contribution < 1.29 is 29.0 Å². The molecule has 1 heterocycles. The van der Waals surface area contributed by atoms with Crippen LogP contribution in [-0.4, -0.2) is 28.8 Å². The van der Waals surface area contributed by atoms with Crippen LogP contribution in [-0.2, 0) is 14.3 Å². The number of carbonyl (C=O) groups excluding carboxylic acids is 1. The third kappa shape index (κ3) is 5.55. The minimum atomic E-state index is -1.07. The molecule has 9 heteroatoms. The molecular weight excluding hydrogens is 344 g/mol. The number of hydrogen-bond acceptors (Lipinski definition) is 8. The molecule has 0 aliphatic heterocycles. The Morgan fingerprint density at radius 2 is 2.00 bits per heavy atom. The number of carboxylic acids is 1. The molecule has 9 nitrogen and oxygen atoms in total. The maximum atomic E-state index is 11.9. The van der Waals surface area contributed by atoms with Crippen molar-refractivity contribution >= 4 is 28.6 Å². The first kappa shape index (κ1) is 18.8. The number of esters is 1. The molecule has 0 saturated heterocycles. The van der Waals surface area contributed by atoms with E-state index in [2.05, 4.69) is 5.32 Å². The van der Waals surface area contributed by atoms with E-state index in [-0.39, 0.29) is 42.9 Å². The Bertz CT molecular complexity index is 902. The number of rotatable bonds is 8. The molecule has 1 aromatic heterocycles. The van der Waals surface area contributed by atoms with E-state index >= 15 is 0 Å². The number of aromatic hydroxyl groups is 1. The number of carbonyl (C=O) groups is 2. The molecule has 2 aromatic rings. The highest BCUT2D eigenvalue weighted by Gasteiger charge is 2.07. The highest BCUT2D eigenvalue weighted by Crippen LogP contribution is 2.20. The molecule has 0 atom stereocenters. The van der Waals surface area contributed by atoms with Crippen LogP contribution >= 0.6 is 0 Å². The second-order valence-corrected chi connectivity index (χ2v) is 5.40. The molecule has 2 rings (SSSR count). The fraction of sp³-hybridized carbons (Fsp3) is 0.235. The van der Waals surface area contributed by atoms with Crippen LogP contribution in [0.25, 0.3) is 11.0 Å². The summed E-state index contributed by atoms with van der Waals surface area (Å²) < 4.78 is 9.95. The topological polar surface area (TPSA) is 152 Å². The highest BCUT2D eigenvalue weighted by atomic mass is 16.5. The van der Waals surface area contributed by atoms with Crippen molar-refractivity contribution in [3.05, 3.63) is 46.6 Å². The highest BCUT2D eigenvalue weighted by molar-refractivity contribution is 5.81. The maximum Gasteiger partial charge on any atom is 0.360 e. The Morgan fingerprint density at radius 3 is 2.73 bits per heavy atom. The second kappa shape index (κ2) is 8.56. The molecule has 0 aliphatic carbocycles. The molecule has 0 spiro atoms. The summed E-state index contributed by atoms with van der Waals surface area (Å²) in [6.07, 6.45) is 1.09. The van der Waals surface area contributed by atoms with Crippen LogP contribution in [0.5, 0.6) is 5.75 Å². The normalized spacial score (nSPS) is 11.3. The summed E-state index contributed by atoms with van der Waals surface area (Å²) in [4.78, 5) is 33.5. The number of hydrogen-bond donors (Lipinski definition) is 4. The number of nitrogens with two attached hydrogens (primary N) is 1. The lowest BCUT2D eigenvalue weighted by Gasteiger charge is -2.06. The van der Waals surface area contributed by atoms with Crippen molar-refractivity contribution in [2.45, 2.75) is 19.3 Å². The van der Waals surface area contributed by atoms with Gasteiger partial charge in [-0.2, -0.15) is 0 Å².